The molecule has 0 aliphatic carbocycles. The minimum Gasteiger partial charge on any atom is -0.427 e. The van der Waals surface area contributed by atoms with Gasteiger partial charge in [-0.05, 0) is 22.0 Å². The third-order valence-electron chi connectivity index (χ3n) is 2.94. The molecule has 1 aromatic carbocycles. The van der Waals surface area contributed by atoms with Crippen LogP contribution in [0.4, 0.5) is 0 Å². The molecule has 0 radical (unpaired) electrons. The second-order valence-corrected chi connectivity index (χ2v) is 5.12. The predicted octanol–water partition coefficient (Wildman–Crippen LogP) is 2.34. The summed E-state index contributed by atoms with van der Waals surface area (Å²) in [5.74, 6) is 0. The Hall–Kier alpha value is -0.755. The van der Waals surface area contributed by atoms with E-state index in [0.29, 0.717) is 0 Å². The van der Waals surface area contributed by atoms with Crippen molar-refractivity contribution in [2.75, 3.05) is 0 Å². The van der Waals surface area contributed by atoms with Gasteiger partial charge in [-0.25, -0.2) is 0 Å². The van der Waals surface area contributed by atoms with Crippen LogP contribution in [0, 0.1) is 0 Å². The minimum atomic E-state index is 0.233. The lowest BCUT2D eigenvalue weighted by Crippen LogP contribution is -2.26. The van der Waals surface area contributed by atoms with Crippen LogP contribution < -0.4 is 5.46 Å². The third kappa shape index (κ3) is 1.59. The fourth-order valence-electron chi connectivity index (χ4n) is 1.88. The smallest absolute Gasteiger partial charge is 0.324 e. The summed E-state index contributed by atoms with van der Waals surface area (Å²) < 4.78 is 5.59. The highest BCUT2D eigenvalue weighted by Gasteiger charge is 2.25. The topological polar surface area (TPSA) is 9.23 Å². The second-order valence-electron chi connectivity index (χ2n) is 5.12. The molecular formula is C12H17BO. The molecule has 0 amide bonds. The summed E-state index contributed by atoms with van der Waals surface area (Å²) in [5.41, 5.74) is 4.36. The summed E-state index contributed by atoms with van der Waals surface area (Å²) in [7, 11) is 0. The van der Waals surface area contributed by atoms with Gasteiger partial charge in [0, 0.05) is 0 Å². The van der Waals surface area contributed by atoms with E-state index in [-0.39, 0.29) is 12.3 Å². The van der Waals surface area contributed by atoms with Crippen LogP contribution in [0.2, 0.25) is 6.82 Å². The molecule has 0 fully saturated rings. The van der Waals surface area contributed by atoms with Crippen LogP contribution in [0.15, 0.2) is 18.2 Å². The molecule has 0 aromatic heterocycles. The SMILES string of the molecule is CB1OCc2ccc(C(C)(C)C)cc21. The van der Waals surface area contributed by atoms with Crippen LogP contribution in [0.3, 0.4) is 0 Å². The Morgan fingerprint density at radius 3 is 2.64 bits per heavy atom. The highest BCUT2D eigenvalue weighted by molar-refractivity contribution is 6.67. The molecule has 0 saturated heterocycles. The maximum Gasteiger partial charge on any atom is 0.324 e. The van der Waals surface area contributed by atoms with Gasteiger partial charge in [-0.1, -0.05) is 45.8 Å². The van der Waals surface area contributed by atoms with E-state index >= 15 is 0 Å². The zero-order valence-corrected chi connectivity index (χ0v) is 9.42. The van der Waals surface area contributed by atoms with Gasteiger partial charge < -0.3 is 4.65 Å². The Morgan fingerprint density at radius 2 is 2.00 bits per heavy atom. The molecule has 1 heterocycles. The van der Waals surface area contributed by atoms with Gasteiger partial charge in [0.1, 0.15) is 0 Å². The zero-order chi connectivity index (χ0) is 10.3. The molecule has 0 atom stereocenters. The molecule has 0 spiro atoms. The third-order valence-corrected chi connectivity index (χ3v) is 2.94. The van der Waals surface area contributed by atoms with E-state index in [1.54, 1.807) is 0 Å². The van der Waals surface area contributed by atoms with Crippen LogP contribution in [-0.2, 0) is 16.7 Å². The van der Waals surface area contributed by atoms with Gasteiger partial charge >= 0.3 is 6.92 Å². The molecule has 1 nitrogen and oxygen atoms in total. The molecule has 14 heavy (non-hydrogen) atoms. The molecular weight excluding hydrogens is 171 g/mol. The Morgan fingerprint density at radius 1 is 1.29 bits per heavy atom. The van der Waals surface area contributed by atoms with Crippen molar-refractivity contribution in [2.24, 2.45) is 0 Å². The van der Waals surface area contributed by atoms with E-state index in [2.05, 4.69) is 45.8 Å². The summed E-state index contributed by atoms with van der Waals surface area (Å²) in [6, 6.07) is 6.73. The van der Waals surface area contributed by atoms with Crippen LogP contribution in [0.5, 0.6) is 0 Å². The van der Waals surface area contributed by atoms with Crippen molar-refractivity contribution in [1.82, 2.24) is 0 Å². The Balaban J connectivity index is 2.45. The lowest BCUT2D eigenvalue weighted by molar-refractivity contribution is 0.333. The summed E-state index contributed by atoms with van der Waals surface area (Å²) >= 11 is 0. The fourth-order valence-corrected chi connectivity index (χ4v) is 1.88. The van der Waals surface area contributed by atoms with Crippen LogP contribution in [-0.4, -0.2) is 6.92 Å². The Labute approximate surface area is 86.6 Å². The first-order chi connectivity index (χ1) is 6.48. The number of rotatable bonds is 0. The molecule has 2 heteroatoms. The minimum absolute atomic E-state index is 0.233. The first-order valence-electron chi connectivity index (χ1n) is 5.23. The average molecular weight is 188 g/mol. The first kappa shape index (κ1) is 9.79. The van der Waals surface area contributed by atoms with Crippen molar-refractivity contribution in [3.63, 3.8) is 0 Å². The second kappa shape index (κ2) is 3.13. The monoisotopic (exact) mass is 188 g/mol. The van der Waals surface area contributed by atoms with Gasteiger partial charge in [0.05, 0.1) is 6.61 Å². The van der Waals surface area contributed by atoms with E-state index in [4.69, 9.17) is 4.65 Å². The highest BCUT2D eigenvalue weighted by Crippen LogP contribution is 2.23. The molecule has 2 rings (SSSR count). The van der Waals surface area contributed by atoms with Crippen molar-refractivity contribution >= 4 is 12.4 Å². The normalized spacial score (nSPS) is 15.9. The number of benzene rings is 1. The molecule has 0 bridgehead atoms. The van der Waals surface area contributed by atoms with E-state index in [1.165, 1.54) is 16.6 Å². The lowest BCUT2D eigenvalue weighted by Gasteiger charge is -2.20. The van der Waals surface area contributed by atoms with Crippen molar-refractivity contribution < 1.29 is 4.65 Å². The molecule has 1 aromatic rings. The van der Waals surface area contributed by atoms with Crippen LogP contribution >= 0.6 is 0 Å². The van der Waals surface area contributed by atoms with E-state index in [9.17, 15) is 0 Å². The van der Waals surface area contributed by atoms with Gasteiger partial charge in [-0.2, -0.15) is 0 Å². The van der Waals surface area contributed by atoms with Gasteiger partial charge in [0.25, 0.3) is 0 Å². The van der Waals surface area contributed by atoms with Gasteiger partial charge in [0.15, 0.2) is 0 Å². The fraction of sp³-hybridized carbons (Fsp3) is 0.500. The van der Waals surface area contributed by atoms with Gasteiger partial charge in [0.2, 0.25) is 0 Å². The Bertz CT molecular complexity index is 352. The van der Waals surface area contributed by atoms with Crippen molar-refractivity contribution in [3.05, 3.63) is 29.3 Å². The number of fused-ring (bicyclic) bond motifs is 1. The largest absolute Gasteiger partial charge is 0.427 e. The number of hydrogen-bond donors (Lipinski definition) is 0. The molecule has 1 aliphatic heterocycles. The average Bonchev–Trinajstić information content (AvgIpc) is 2.46. The summed E-state index contributed by atoms with van der Waals surface area (Å²) in [6.45, 7) is 9.91. The quantitative estimate of drug-likeness (QED) is 0.568. The van der Waals surface area contributed by atoms with E-state index in [0.717, 1.165) is 6.61 Å². The first-order valence-corrected chi connectivity index (χ1v) is 5.23. The number of hydrogen-bond acceptors (Lipinski definition) is 1. The van der Waals surface area contributed by atoms with Crippen molar-refractivity contribution in [2.45, 2.75) is 39.6 Å². The van der Waals surface area contributed by atoms with E-state index in [1.807, 2.05) is 0 Å². The molecule has 74 valence electrons. The van der Waals surface area contributed by atoms with Crippen molar-refractivity contribution in [3.8, 4) is 0 Å². The summed E-state index contributed by atoms with van der Waals surface area (Å²) in [5, 5.41) is 0. The molecule has 0 saturated carbocycles. The standard InChI is InChI=1S/C12H17BO/c1-12(2,3)10-6-5-9-8-14-13(4)11(9)7-10/h5-7H,8H2,1-4H3. The lowest BCUT2D eigenvalue weighted by atomic mass is 9.63. The highest BCUT2D eigenvalue weighted by atomic mass is 16.4. The van der Waals surface area contributed by atoms with Crippen LogP contribution in [0.1, 0.15) is 31.9 Å². The molecule has 0 unspecified atom stereocenters. The van der Waals surface area contributed by atoms with Crippen LogP contribution in [0.25, 0.3) is 0 Å². The summed E-state index contributed by atoms with van der Waals surface area (Å²) in [4.78, 5) is 0. The zero-order valence-electron chi connectivity index (χ0n) is 9.42. The predicted molar refractivity (Wildman–Crippen MR) is 61.2 cm³/mol. The van der Waals surface area contributed by atoms with E-state index < -0.39 is 0 Å². The maximum absolute atomic E-state index is 5.59. The van der Waals surface area contributed by atoms with Gasteiger partial charge in [-0.3, -0.25) is 0 Å². The molecule has 0 N–H and O–H groups in total. The van der Waals surface area contributed by atoms with Crippen molar-refractivity contribution in [1.29, 1.82) is 0 Å². The van der Waals surface area contributed by atoms with Gasteiger partial charge in [-0.15, -0.1) is 0 Å². The maximum atomic E-state index is 5.59. The Kier molecular flexibility index (Phi) is 2.19. The molecule has 1 aliphatic rings. The summed E-state index contributed by atoms with van der Waals surface area (Å²) in [6.07, 6.45) is 0.